The largest absolute Gasteiger partial charge is 0.481 e. The summed E-state index contributed by atoms with van der Waals surface area (Å²) >= 11 is 0. The third-order valence-electron chi connectivity index (χ3n) is 7.69. The monoisotopic (exact) mass is 508 g/mol. The van der Waals surface area contributed by atoms with E-state index in [0.29, 0.717) is 35.4 Å². The lowest BCUT2D eigenvalue weighted by atomic mass is 10.0. The number of nitrogens with zero attached hydrogens (tertiary/aromatic N) is 7. The van der Waals surface area contributed by atoms with Gasteiger partial charge in [0.1, 0.15) is 17.8 Å². The molecule has 0 spiro atoms. The Morgan fingerprint density at radius 1 is 1.08 bits per heavy atom. The molecule has 4 heterocycles. The van der Waals surface area contributed by atoms with E-state index in [1.54, 1.807) is 13.3 Å². The van der Waals surface area contributed by atoms with Crippen molar-refractivity contribution in [3.05, 3.63) is 72.3 Å². The number of aliphatic imine (C=N–C) groups is 1. The minimum absolute atomic E-state index is 0.302. The van der Waals surface area contributed by atoms with Gasteiger partial charge in [0.25, 0.3) is 0 Å². The van der Waals surface area contributed by atoms with Gasteiger partial charge in [-0.25, -0.2) is 19.6 Å². The molecule has 1 aromatic carbocycles. The summed E-state index contributed by atoms with van der Waals surface area (Å²) in [7, 11) is 1.62. The van der Waals surface area contributed by atoms with Crippen LogP contribution in [-0.4, -0.2) is 55.7 Å². The Kier molecular flexibility index (Phi) is 6.27. The molecule has 1 saturated heterocycles. The van der Waals surface area contributed by atoms with E-state index in [-0.39, 0.29) is 0 Å². The highest BCUT2D eigenvalue weighted by Crippen LogP contribution is 2.45. The van der Waals surface area contributed by atoms with Gasteiger partial charge in [-0.05, 0) is 74.6 Å². The minimum atomic E-state index is 0.302. The van der Waals surface area contributed by atoms with E-state index in [2.05, 4.69) is 48.7 Å². The molecule has 6 rings (SSSR count). The number of hydrogen-bond acceptors (Lipinski definition) is 8. The predicted molar refractivity (Wildman–Crippen MR) is 149 cm³/mol. The van der Waals surface area contributed by atoms with Gasteiger partial charge in [-0.3, -0.25) is 0 Å². The number of benzene rings is 1. The van der Waals surface area contributed by atoms with Crippen molar-refractivity contribution in [2.75, 3.05) is 25.9 Å². The third-order valence-corrected chi connectivity index (χ3v) is 7.69. The zero-order valence-corrected chi connectivity index (χ0v) is 22.0. The number of pyridine rings is 1. The van der Waals surface area contributed by atoms with Crippen LogP contribution in [0.2, 0.25) is 0 Å². The highest BCUT2D eigenvalue weighted by Gasteiger charge is 2.41. The van der Waals surface area contributed by atoms with Gasteiger partial charge in [-0.1, -0.05) is 18.2 Å². The molecule has 38 heavy (non-hydrogen) atoms. The van der Waals surface area contributed by atoms with Crippen LogP contribution in [-0.2, 0) is 4.74 Å². The summed E-state index contributed by atoms with van der Waals surface area (Å²) in [6.07, 6.45) is 9.80. The van der Waals surface area contributed by atoms with E-state index in [1.807, 2.05) is 43.3 Å². The average molecular weight is 509 g/mol. The van der Waals surface area contributed by atoms with Gasteiger partial charge in [0, 0.05) is 30.4 Å². The molecule has 4 aromatic rings. The van der Waals surface area contributed by atoms with Crippen molar-refractivity contribution < 1.29 is 4.74 Å². The smallest absolute Gasteiger partial charge is 0.222 e. The first kappa shape index (κ1) is 24.1. The molecule has 2 atom stereocenters. The Bertz CT molecular complexity index is 1510. The Morgan fingerprint density at radius 3 is 2.53 bits per heavy atom. The number of ether oxygens (including phenoxy) is 1. The third kappa shape index (κ3) is 4.38. The number of methoxy groups -OCH3 is 1. The SMILES string of the molecule is CC=CN1CC2CC(n3nc(-c4ccc(C(=Nc5cc(C)ccn5)OC)cc4)c4c(N)ncnc43)CC2C1. The van der Waals surface area contributed by atoms with E-state index in [0.717, 1.165) is 59.3 Å². The molecule has 9 heteroatoms. The Balaban J connectivity index is 1.32. The number of nitrogens with two attached hydrogens (primary N) is 1. The van der Waals surface area contributed by atoms with Crippen LogP contribution in [0.4, 0.5) is 11.6 Å². The lowest BCUT2D eigenvalue weighted by Crippen LogP contribution is -2.17. The highest BCUT2D eigenvalue weighted by atomic mass is 16.5. The quantitative estimate of drug-likeness (QED) is 0.301. The summed E-state index contributed by atoms with van der Waals surface area (Å²) in [4.78, 5) is 20.3. The zero-order chi connectivity index (χ0) is 26.2. The maximum absolute atomic E-state index is 6.38. The van der Waals surface area contributed by atoms with E-state index < -0.39 is 0 Å². The predicted octanol–water partition coefficient (Wildman–Crippen LogP) is 4.92. The van der Waals surface area contributed by atoms with Crippen molar-refractivity contribution in [1.29, 1.82) is 0 Å². The number of nitrogen functional groups attached to an aromatic ring is 1. The van der Waals surface area contributed by atoms with Crippen LogP contribution in [0.15, 0.2) is 66.2 Å². The number of anilines is 1. The normalized spacial score (nSPS) is 21.5. The van der Waals surface area contributed by atoms with Crippen molar-refractivity contribution >= 4 is 28.6 Å². The fourth-order valence-corrected chi connectivity index (χ4v) is 5.97. The van der Waals surface area contributed by atoms with Crippen molar-refractivity contribution in [3.63, 3.8) is 0 Å². The molecule has 3 aromatic heterocycles. The molecule has 2 aliphatic rings. The van der Waals surface area contributed by atoms with Crippen molar-refractivity contribution in [3.8, 4) is 11.3 Å². The lowest BCUT2D eigenvalue weighted by Gasteiger charge is -2.17. The van der Waals surface area contributed by atoms with Crippen molar-refractivity contribution in [1.82, 2.24) is 29.6 Å². The van der Waals surface area contributed by atoms with Gasteiger partial charge in [-0.15, -0.1) is 0 Å². The van der Waals surface area contributed by atoms with Crippen LogP contribution in [0.3, 0.4) is 0 Å². The molecule has 1 aliphatic heterocycles. The van der Waals surface area contributed by atoms with Gasteiger partial charge in [-0.2, -0.15) is 10.1 Å². The molecule has 2 fully saturated rings. The number of hydrogen-bond donors (Lipinski definition) is 1. The highest BCUT2D eigenvalue weighted by molar-refractivity contribution is 5.99. The first-order chi connectivity index (χ1) is 18.5. The van der Waals surface area contributed by atoms with Crippen molar-refractivity contribution in [2.24, 2.45) is 16.8 Å². The Labute approximate surface area is 222 Å². The minimum Gasteiger partial charge on any atom is -0.481 e. The summed E-state index contributed by atoms with van der Waals surface area (Å²) in [5.74, 6) is 2.90. The van der Waals surface area contributed by atoms with Gasteiger partial charge < -0.3 is 15.4 Å². The molecule has 0 bridgehead atoms. The van der Waals surface area contributed by atoms with Gasteiger partial charge in [0.05, 0.1) is 18.5 Å². The molecular weight excluding hydrogens is 476 g/mol. The van der Waals surface area contributed by atoms with Crippen LogP contribution in [0.1, 0.15) is 36.9 Å². The second kappa shape index (κ2) is 9.89. The fraction of sp³-hybridized carbons (Fsp3) is 0.345. The van der Waals surface area contributed by atoms with Gasteiger partial charge >= 0.3 is 0 Å². The molecule has 9 nitrogen and oxygen atoms in total. The zero-order valence-electron chi connectivity index (χ0n) is 22.0. The van der Waals surface area contributed by atoms with Crippen molar-refractivity contribution in [2.45, 2.75) is 32.7 Å². The Hall–Kier alpha value is -4.27. The summed E-state index contributed by atoms with van der Waals surface area (Å²) < 4.78 is 7.69. The number of aryl methyl sites for hydroxylation is 1. The summed E-state index contributed by atoms with van der Waals surface area (Å²) in [5.41, 5.74) is 10.9. The first-order valence-electron chi connectivity index (χ1n) is 13.1. The summed E-state index contributed by atoms with van der Waals surface area (Å²) in [5, 5.41) is 5.90. The molecule has 194 valence electrons. The molecule has 1 saturated carbocycles. The molecule has 2 N–H and O–H groups in total. The first-order valence-corrected chi connectivity index (χ1v) is 13.1. The maximum atomic E-state index is 6.38. The van der Waals surface area contributed by atoms with Crippen LogP contribution in [0, 0.1) is 18.8 Å². The van der Waals surface area contributed by atoms with Crippen LogP contribution in [0.25, 0.3) is 22.3 Å². The standard InChI is InChI=1S/C29H32N8O/c1-4-11-36-15-21-13-23(14-22(21)16-36)37-28-25(27(30)32-17-33-28)26(35-37)19-5-7-20(8-6-19)29(38-3)34-24-12-18(2)9-10-31-24/h4-12,17,21-23H,13-16H2,1-3H3,(H2,30,32,33). The summed E-state index contributed by atoms with van der Waals surface area (Å²) in [6.45, 7) is 6.31. The Morgan fingerprint density at radius 2 is 1.84 bits per heavy atom. The molecule has 1 aliphatic carbocycles. The topological polar surface area (TPSA) is 107 Å². The summed E-state index contributed by atoms with van der Waals surface area (Å²) in [6, 6.07) is 12.2. The lowest BCUT2D eigenvalue weighted by molar-refractivity contribution is 0.372. The molecule has 2 unspecified atom stereocenters. The number of likely N-dealkylation sites (tertiary alicyclic amines) is 1. The van der Waals surface area contributed by atoms with Crippen LogP contribution >= 0.6 is 0 Å². The molecule has 0 radical (unpaired) electrons. The number of allylic oxidation sites excluding steroid dienone is 1. The molecular formula is C29H32N8O. The second-order valence-electron chi connectivity index (χ2n) is 10.2. The van der Waals surface area contributed by atoms with E-state index >= 15 is 0 Å². The van der Waals surface area contributed by atoms with E-state index in [4.69, 9.17) is 15.6 Å². The molecule has 0 amide bonds. The number of aromatic nitrogens is 5. The van der Waals surface area contributed by atoms with Crippen LogP contribution < -0.4 is 5.73 Å². The van der Waals surface area contributed by atoms with Gasteiger partial charge in [0.15, 0.2) is 11.5 Å². The average Bonchev–Trinajstić information content (AvgIpc) is 3.60. The van der Waals surface area contributed by atoms with E-state index in [9.17, 15) is 0 Å². The second-order valence-corrected chi connectivity index (χ2v) is 10.2. The van der Waals surface area contributed by atoms with Gasteiger partial charge in [0.2, 0.25) is 5.90 Å². The van der Waals surface area contributed by atoms with Crippen LogP contribution in [0.5, 0.6) is 0 Å². The van der Waals surface area contributed by atoms with E-state index in [1.165, 1.54) is 6.33 Å². The fourth-order valence-electron chi connectivity index (χ4n) is 5.97. The number of rotatable bonds is 5. The maximum Gasteiger partial charge on any atom is 0.222 e. The number of fused-ring (bicyclic) bond motifs is 2.